The molecule has 1 N–H and O–H groups in total. The molecule has 0 unspecified atom stereocenters. The molecule has 138 valence electrons. The average molecular weight is 370 g/mol. The van der Waals surface area contributed by atoms with E-state index in [0.29, 0.717) is 5.75 Å². The van der Waals surface area contributed by atoms with E-state index in [1.165, 1.54) is 5.56 Å². The lowest BCUT2D eigenvalue weighted by atomic mass is 9.83. The van der Waals surface area contributed by atoms with Crippen molar-refractivity contribution < 1.29 is 9.53 Å². The lowest BCUT2D eigenvalue weighted by Gasteiger charge is -2.41. The van der Waals surface area contributed by atoms with E-state index in [9.17, 15) is 4.79 Å². The minimum Gasteiger partial charge on any atom is -0.487 e. The summed E-state index contributed by atoms with van der Waals surface area (Å²) in [6.07, 6.45) is 2.70. The van der Waals surface area contributed by atoms with Crippen molar-refractivity contribution in [2.75, 3.05) is 5.75 Å². The SMILES string of the molecule is CCC1(CC)C[C@H](NC(=O)CSCc2ccccc2)c2ccccc2O1. The van der Waals surface area contributed by atoms with Crippen LogP contribution in [0, 0.1) is 0 Å². The van der Waals surface area contributed by atoms with Gasteiger partial charge in [-0.2, -0.15) is 0 Å². The van der Waals surface area contributed by atoms with Crippen molar-refractivity contribution in [3.63, 3.8) is 0 Å². The second-order valence-electron chi connectivity index (χ2n) is 6.83. The van der Waals surface area contributed by atoms with Crippen molar-refractivity contribution >= 4 is 17.7 Å². The van der Waals surface area contributed by atoms with E-state index in [1.54, 1.807) is 11.8 Å². The second kappa shape index (κ2) is 8.63. The number of ether oxygens (including phenoxy) is 1. The number of rotatable bonds is 7. The van der Waals surface area contributed by atoms with Crippen molar-refractivity contribution in [2.45, 2.75) is 50.5 Å². The highest BCUT2D eigenvalue weighted by Crippen LogP contribution is 2.42. The highest BCUT2D eigenvalue weighted by atomic mass is 32.2. The first-order valence-electron chi connectivity index (χ1n) is 9.35. The number of thioether (sulfide) groups is 1. The summed E-state index contributed by atoms with van der Waals surface area (Å²) in [6.45, 7) is 4.32. The van der Waals surface area contributed by atoms with Crippen molar-refractivity contribution in [3.05, 3.63) is 65.7 Å². The minimum absolute atomic E-state index is 0.0182. The zero-order valence-electron chi connectivity index (χ0n) is 15.5. The molecule has 0 spiro atoms. The van der Waals surface area contributed by atoms with E-state index in [0.717, 1.165) is 36.3 Å². The monoisotopic (exact) mass is 369 g/mol. The number of hydrogen-bond donors (Lipinski definition) is 1. The van der Waals surface area contributed by atoms with Crippen LogP contribution in [0.3, 0.4) is 0 Å². The van der Waals surface area contributed by atoms with E-state index in [-0.39, 0.29) is 17.6 Å². The lowest BCUT2D eigenvalue weighted by molar-refractivity contribution is -0.120. The van der Waals surface area contributed by atoms with E-state index >= 15 is 0 Å². The molecule has 0 saturated carbocycles. The van der Waals surface area contributed by atoms with Gasteiger partial charge in [-0.15, -0.1) is 11.8 Å². The van der Waals surface area contributed by atoms with Crippen LogP contribution in [0.5, 0.6) is 5.75 Å². The zero-order chi connectivity index (χ0) is 18.4. The number of para-hydroxylation sites is 1. The van der Waals surface area contributed by atoms with Gasteiger partial charge in [0.15, 0.2) is 0 Å². The maximum Gasteiger partial charge on any atom is 0.230 e. The molecule has 1 heterocycles. The molecule has 0 radical (unpaired) electrons. The van der Waals surface area contributed by atoms with Crippen LogP contribution in [0.1, 0.15) is 50.3 Å². The van der Waals surface area contributed by atoms with Crippen LogP contribution < -0.4 is 10.1 Å². The molecule has 1 aliphatic heterocycles. The Labute approximate surface area is 160 Å². The summed E-state index contributed by atoms with van der Waals surface area (Å²) in [4.78, 5) is 12.5. The van der Waals surface area contributed by atoms with Crippen LogP contribution in [0.25, 0.3) is 0 Å². The molecule has 1 aliphatic rings. The zero-order valence-corrected chi connectivity index (χ0v) is 16.4. The van der Waals surface area contributed by atoms with E-state index in [2.05, 4.69) is 37.4 Å². The standard InChI is InChI=1S/C22H27NO2S/c1-3-22(4-2)14-19(18-12-8-9-13-20(18)25-22)23-21(24)16-26-15-17-10-6-5-7-11-17/h5-13,19H,3-4,14-16H2,1-2H3,(H,23,24)/t19-/m0/s1. The van der Waals surface area contributed by atoms with Crippen molar-refractivity contribution in [1.29, 1.82) is 0 Å². The van der Waals surface area contributed by atoms with Gasteiger partial charge in [0, 0.05) is 17.7 Å². The average Bonchev–Trinajstić information content (AvgIpc) is 2.68. The number of nitrogens with one attached hydrogen (secondary N) is 1. The Morgan fingerprint density at radius 1 is 1.12 bits per heavy atom. The van der Waals surface area contributed by atoms with Crippen molar-refractivity contribution in [3.8, 4) is 5.75 Å². The fraction of sp³-hybridized carbons (Fsp3) is 0.409. The van der Waals surface area contributed by atoms with Gasteiger partial charge in [-0.25, -0.2) is 0 Å². The van der Waals surface area contributed by atoms with Gasteiger partial charge >= 0.3 is 0 Å². The van der Waals surface area contributed by atoms with Gasteiger partial charge in [-0.1, -0.05) is 62.4 Å². The fourth-order valence-electron chi connectivity index (χ4n) is 3.50. The van der Waals surface area contributed by atoms with E-state index < -0.39 is 0 Å². The predicted molar refractivity (Wildman–Crippen MR) is 108 cm³/mol. The number of amides is 1. The Balaban J connectivity index is 1.63. The highest BCUT2D eigenvalue weighted by molar-refractivity contribution is 7.99. The normalized spacial score (nSPS) is 17.8. The van der Waals surface area contributed by atoms with Crippen LogP contribution in [0.4, 0.5) is 0 Å². The van der Waals surface area contributed by atoms with Gasteiger partial charge in [-0.3, -0.25) is 4.79 Å². The third-order valence-electron chi connectivity index (χ3n) is 5.17. The summed E-state index contributed by atoms with van der Waals surface area (Å²) >= 11 is 1.65. The molecule has 2 aromatic rings. The maximum absolute atomic E-state index is 12.5. The molecular formula is C22H27NO2S. The summed E-state index contributed by atoms with van der Waals surface area (Å²) in [6, 6.07) is 18.4. The summed E-state index contributed by atoms with van der Waals surface area (Å²) in [7, 11) is 0. The van der Waals surface area contributed by atoms with Crippen LogP contribution >= 0.6 is 11.8 Å². The molecule has 1 atom stereocenters. The maximum atomic E-state index is 12.5. The Morgan fingerprint density at radius 3 is 2.54 bits per heavy atom. The first-order chi connectivity index (χ1) is 12.7. The molecule has 0 aliphatic carbocycles. The Bertz CT molecular complexity index is 728. The highest BCUT2D eigenvalue weighted by Gasteiger charge is 2.38. The number of carbonyl (C=O) groups excluding carboxylic acids is 1. The quantitative estimate of drug-likeness (QED) is 0.736. The van der Waals surface area contributed by atoms with E-state index in [1.807, 2.05) is 36.4 Å². The largest absolute Gasteiger partial charge is 0.487 e. The lowest BCUT2D eigenvalue weighted by Crippen LogP contribution is -2.44. The predicted octanol–water partition coefficient (Wildman–Crippen LogP) is 5.12. The summed E-state index contributed by atoms with van der Waals surface area (Å²) in [5.74, 6) is 2.32. The molecule has 1 amide bonds. The van der Waals surface area contributed by atoms with Crippen LogP contribution in [-0.2, 0) is 10.5 Å². The van der Waals surface area contributed by atoms with Gasteiger partial charge in [0.1, 0.15) is 11.4 Å². The fourth-order valence-corrected chi connectivity index (χ4v) is 4.30. The molecule has 3 nitrogen and oxygen atoms in total. The van der Waals surface area contributed by atoms with Crippen molar-refractivity contribution in [2.24, 2.45) is 0 Å². The van der Waals surface area contributed by atoms with Gasteiger partial charge in [0.05, 0.1) is 11.8 Å². The van der Waals surface area contributed by atoms with Gasteiger partial charge in [0.25, 0.3) is 0 Å². The van der Waals surface area contributed by atoms with Gasteiger partial charge in [-0.05, 0) is 24.5 Å². The minimum atomic E-state index is -0.191. The summed E-state index contributed by atoms with van der Waals surface area (Å²) < 4.78 is 6.31. The second-order valence-corrected chi connectivity index (χ2v) is 7.82. The molecule has 3 rings (SSSR count). The molecule has 0 saturated heterocycles. The molecule has 2 aromatic carbocycles. The van der Waals surface area contributed by atoms with Crippen LogP contribution in [0.2, 0.25) is 0 Å². The number of carbonyl (C=O) groups is 1. The summed E-state index contributed by atoms with van der Waals surface area (Å²) in [5.41, 5.74) is 2.15. The Hall–Kier alpha value is -1.94. The third-order valence-corrected chi connectivity index (χ3v) is 6.17. The molecule has 26 heavy (non-hydrogen) atoms. The molecule has 4 heteroatoms. The third kappa shape index (κ3) is 4.42. The Kier molecular flexibility index (Phi) is 6.25. The molecular weight excluding hydrogens is 342 g/mol. The van der Waals surface area contributed by atoms with Crippen LogP contribution in [0.15, 0.2) is 54.6 Å². The van der Waals surface area contributed by atoms with Crippen LogP contribution in [-0.4, -0.2) is 17.3 Å². The first-order valence-corrected chi connectivity index (χ1v) is 10.5. The van der Waals surface area contributed by atoms with Gasteiger partial charge < -0.3 is 10.1 Å². The topological polar surface area (TPSA) is 38.3 Å². The number of fused-ring (bicyclic) bond motifs is 1. The Morgan fingerprint density at radius 2 is 1.81 bits per heavy atom. The molecule has 0 fully saturated rings. The first kappa shape index (κ1) is 18.8. The molecule has 0 aromatic heterocycles. The van der Waals surface area contributed by atoms with E-state index in [4.69, 9.17) is 4.74 Å². The number of benzene rings is 2. The van der Waals surface area contributed by atoms with Gasteiger partial charge in [0.2, 0.25) is 5.91 Å². The summed E-state index contributed by atoms with van der Waals surface area (Å²) in [5, 5.41) is 3.24. The smallest absolute Gasteiger partial charge is 0.230 e. The van der Waals surface area contributed by atoms with Crippen molar-refractivity contribution in [1.82, 2.24) is 5.32 Å². The number of hydrogen-bond acceptors (Lipinski definition) is 3. The molecule has 0 bridgehead atoms.